The van der Waals surface area contributed by atoms with Gasteiger partial charge in [-0.05, 0) is 81.7 Å². The van der Waals surface area contributed by atoms with E-state index in [9.17, 15) is 24.0 Å². The van der Waals surface area contributed by atoms with Gasteiger partial charge < -0.3 is 24.8 Å². The summed E-state index contributed by atoms with van der Waals surface area (Å²) in [7, 11) is 1.61. The Labute approximate surface area is 281 Å². The Morgan fingerprint density at radius 1 is 0.917 bits per heavy atom. The van der Waals surface area contributed by atoms with Crippen molar-refractivity contribution in [2.45, 2.75) is 82.3 Å². The van der Waals surface area contributed by atoms with Gasteiger partial charge in [0, 0.05) is 45.3 Å². The molecule has 1 saturated heterocycles. The summed E-state index contributed by atoms with van der Waals surface area (Å²) in [4.78, 5) is 67.6. The van der Waals surface area contributed by atoms with E-state index >= 15 is 0 Å². The molecule has 1 aromatic heterocycles. The molecule has 254 valence electrons. The Morgan fingerprint density at radius 2 is 1.60 bits per heavy atom. The molecule has 3 amide bonds. The normalized spacial score (nSPS) is 19.6. The topological polar surface area (TPSA) is 127 Å². The minimum atomic E-state index is -0.994. The first-order valence-electron chi connectivity index (χ1n) is 16.8. The molecule has 2 N–H and O–H groups in total. The van der Waals surface area contributed by atoms with Crippen LogP contribution in [-0.4, -0.2) is 64.4 Å². The summed E-state index contributed by atoms with van der Waals surface area (Å²) in [5.41, 5.74) is 0.719. The van der Waals surface area contributed by atoms with Crippen LogP contribution in [-0.2, 0) is 31.6 Å². The third kappa shape index (κ3) is 7.53. The van der Waals surface area contributed by atoms with Crippen molar-refractivity contribution in [1.82, 2.24) is 20.1 Å². The molecule has 3 aromatic rings. The number of piperidine rings is 1. The van der Waals surface area contributed by atoms with Gasteiger partial charge in [-0.25, -0.2) is 0 Å². The van der Waals surface area contributed by atoms with Crippen LogP contribution in [0.15, 0.2) is 77.7 Å². The molecule has 10 heteroatoms. The minimum Gasteiger partial charge on any atom is -0.460 e. The predicted octanol–water partition coefficient (Wildman–Crippen LogP) is 4.21. The first-order chi connectivity index (χ1) is 22.9. The summed E-state index contributed by atoms with van der Waals surface area (Å²) < 4.78 is 6.79. The van der Waals surface area contributed by atoms with Gasteiger partial charge in [0.25, 0.3) is 11.5 Å². The SMILES string of the molecule is Cn1cccc(C(=O)NC2CCN(C(=O)[C@H]3CC[C@@](C(=O)NCCCC(=O)OC(C)(C)C)(c4ccccc4)c4ccccc43)CC2)c1=O. The predicted molar refractivity (Wildman–Crippen MR) is 182 cm³/mol. The highest BCUT2D eigenvalue weighted by atomic mass is 16.6. The van der Waals surface area contributed by atoms with Gasteiger partial charge in [-0.2, -0.15) is 0 Å². The monoisotopic (exact) mass is 654 g/mol. The molecular weight excluding hydrogens is 608 g/mol. The summed E-state index contributed by atoms with van der Waals surface area (Å²) in [6, 6.07) is 20.5. The van der Waals surface area contributed by atoms with Crippen LogP contribution in [0.2, 0.25) is 0 Å². The molecular formula is C38H46N4O6. The van der Waals surface area contributed by atoms with E-state index in [-0.39, 0.29) is 41.4 Å². The number of hydrogen-bond donors (Lipinski definition) is 2. The number of hydrogen-bond acceptors (Lipinski definition) is 6. The van der Waals surface area contributed by atoms with Crippen molar-refractivity contribution in [2.24, 2.45) is 7.05 Å². The van der Waals surface area contributed by atoms with Crippen molar-refractivity contribution in [2.75, 3.05) is 19.6 Å². The van der Waals surface area contributed by atoms with Crippen LogP contribution >= 0.6 is 0 Å². The maximum atomic E-state index is 14.2. The number of amides is 3. The maximum Gasteiger partial charge on any atom is 0.306 e. The van der Waals surface area contributed by atoms with Gasteiger partial charge in [-0.15, -0.1) is 0 Å². The zero-order valence-electron chi connectivity index (χ0n) is 28.3. The molecule has 1 fully saturated rings. The number of ether oxygens (including phenoxy) is 1. The van der Waals surface area contributed by atoms with E-state index in [2.05, 4.69) is 10.6 Å². The number of nitrogens with zero attached hydrogens (tertiary/aromatic N) is 2. The zero-order valence-corrected chi connectivity index (χ0v) is 28.3. The number of rotatable bonds is 9. The lowest BCUT2D eigenvalue weighted by Crippen LogP contribution is -2.51. The van der Waals surface area contributed by atoms with Crippen molar-refractivity contribution in [3.63, 3.8) is 0 Å². The molecule has 2 atom stereocenters. The second-order valence-electron chi connectivity index (χ2n) is 13.8. The highest BCUT2D eigenvalue weighted by molar-refractivity contribution is 5.95. The molecule has 0 bridgehead atoms. The molecule has 2 aromatic carbocycles. The molecule has 1 aliphatic carbocycles. The van der Waals surface area contributed by atoms with Crippen LogP contribution in [0.5, 0.6) is 0 Å². The fourth-order valence-corrected chi connectivity index (χ4v) is 6.96. The molecule has 0 radical (unpaired) electrons. The Balaban J connectivity index is 1.29. The third-order valence-corrected chi connectivity index (χ3v) is 9.33. The van der Waals surface area contributed by atoms with Gasteiger partial charge in [0.1, 0.15) is 11.2 Å². The van der Waals surface area contributed by atoms with Crippen LogP contribution in [0, 0.1) is 0 Å². The minimum absolute atomic E-state index is 0.0172. The third-order valence-electron chi connectivity index (χ3n) is 9.33. The maximum absolute atomic E-state index is 14.2. The van der Waals surface area contributed by atoms with Crippen molar-refractivity contribution in [1.29, 1.82) is 0 Å². The number of nitrogens with one attached hydrogen (secondary N) is 2. The largest absolute Gasteiger partial charge is 0.460 e. The number of aryl methyl sites for hydroxylation is 1. The summed E-state index contributed by atoms with van der Waals surface area (Å²) >= 11 is 0. The Kier molecular flexibility index (Phi) is 10.5. The molecule has 0 spiro atoms. The quantitative estimate of drug-likeness (QED) is 0.263. The van der Waals surface area contributed by atoms with E-state index < -0.39 is 22.8 Å². The Morgan fingerprint density at radius 3 is 2.31 bits per heavy atom. The fraction of sp³-hybridized carbons (Fsp3) is 0.447. The lowest BCUT2D eigenvalue weighted by Gasteiger charge is -2.42. The van der Waals surface area contributed by atoms with E-state index in [0.717, 1.165) is 16.7 Å². The van der Waals surface area contributed by atoms with E-state index in [4.69, 9.17) is 4.74 Å². The lowest BCUT2D eigenvalue weighted by molar-refractivity contribution is -0.155. The summed E-state index contributed by atoms with van der Waals surface area (Å²) in [5, 5.41) is 6.08. The second kappa shape index (κ2) is 14.6. The van der Waals surface area contributed by atoms with Crippen LogP contribution in [0.1, 0.15) is 92.3 Å². The van der Waals surface area contributed by atoms with E-state index in [0.29, 0.717) is 51.7 Å². The standard InChI is InChI=1S/C38H46N4O6/c1-37(2,3)48-32(43)17-10-22-39-36(47)38(26-12-6-5-7-13-26)21-18-29(28-14-8-9-16-31(28)38)35(46)42-24-19-27(20-25-42)40-33(44)30-15-11-23-41(4)34(30)45/h5-9,11-16,23,27,29H,10,17-22,24-25H2,1-4H3,(H,39,47)(H,40,44)/t29-,38+/m0/s1. The Bertz CT molecular complexity index is 1700. The van der Waals surface area contributed by atoms with Crippen LogP contribution in [0.25, 0.3) is 0 Å². The smallest absolute Gasteiger partial charge is 0.306 e. The van der Waals surface area contributed by atoms with Gasteiger partial charge in [0.05, 0.1) is 11.3 Å². The number of carbonyl (C=O) groups is 4. The number of likely N-dealkylation sites (tertiary alicyclic amines) is 1. The Hall–Kier alpha value is -4.73. The first-order valence-corrected chi connectivity index (χ1v) is 16.8. The van der Waals surface area contributed by atoms with Crippen molar-refractivity contribution >= 4 is 23.7 Å². The number of carbonyl (C=O) groups excluding carboxylic acids is 4. The summed E-state index contributed by atoms with van der Waals surface area (Å²) in [6.07, 6.45) is 4.36. The van der Waals surface area contributed by atoms with Crippen molar-refractivity contribution < 1.29 is 23.9 Å². The molecule has 5 rings (SSSR count). The zero-order chi connectivity index (χ0) is 34.5. The molecule has 2 heterocycles. The molecule has 0 unspecified atom stereocenters. The molecule has 1 aliphatic heterocycles. The number of benzene rings is 2. The van der Waals surface area contributed by atoms with Gasteiger partial charge in [-0.1, -0.05) is 54.6 Å². The number of aromatic nitrogens is 1. The second-order valence-corrected chi connectivity index (χ2v) is 13.8. The van der Waals surface area contributed by atoms with Crippen molar-refractivity contribution in [3.8, 4) is 0 Å². The number of fused-ring (bicyclic) bond motifs is 1. The highest BCUT2D eigenvalue weighted by Gasteiger charge is 2.48. The number of pyridine rings is 1. The lowest BCUT2D eigenvalue weighted by atomic mass is 9.62. The van der Waals surface area contributed by atoms with Crippen LogP contribution in [0.3, 0.4) is 0 Å². The van der Waals surface area contributed by atoms with Gasteiger partial charge in [-0.3, -0.25) is 24.0 Å². The molecule has 0 saturated carbocycles. The van der Waals surface area contributed by atoms with Gasteiger partial charge in [0.2, 0.25) is 11.8 Å². The summed E-state index contributed by atoms with van der Waals surface area (Å²) in [5.74, 6) is -1.24. The van der Waals surface area contributed by atoms with Gasteiger partial charge in [0.15, 0.2) is 0 Å². The highest BCUT2D eigenvalue weighted by Crippen LogP contribution is 2.48. The van der Waals surface area contributed by atoms with E-state index in [1.54, 1.807) is 19.3 Å². The van der Waals surface area contributed by atoms with Gasteiger partial charge >= 0.3 is 5.97 Å². The average molecular weight is 655 g/mol. The van der Waals surface area contributed by atoms with E-state index in [1.807, 2.05) is 80.3 Å². The van der Waals surface area contributed by atoms with E-state index in [1.165, 1.54) is 10.6 Å². The van der Waals surface area contributed by atoms with Crippen LogP contribution < -0.4 is 16.2 Å². The van der Waals surface area contributed by atoms with Crippen molar-refractivity contribution in [3.05, 3.63) is 106 Å². The molecule has 48 heavy (non-hydrogen) atoms. The molecule has 10 nitrogen and oxygen atoms in total. The fourth-order valence-electron chi connectivity index (χ4n) is 6.96. The average Bonchev–Trinajstić information content (AvgIpc) is 3.07. The van der Waals surface area contributed by atoms with Crippen LogP contribution in [0.4, 0.5) is 0 Å². The first kappa shape index (κ1) is 34.6. The molecule has 2 aliphatic rings. The number of esters is 1. The summed E-state index contributed by atoms with van der Waals surface area (Å²) in [6.45, 7) is 6.77.